The molecule has 0 aromatic heterocycles. The average Bonchev–Trinajstić information content (AvgIpc) is 2.79. The average molecular weight is 410 g/mol. The van der Waals surface area contributed by atoms with E-state index in [1.165, 1.54) is 94.6 Å². The number of nitrogens with one attached hydrogen (secondary N) is 1. The van der Waals surface area contributed by atoms with Crippen LogP contribution in [0.25, 0.3) is 0 Å². The quantitative estimate of drug-likeness (QED) is 0.521. The van der Waals surface area contributed by atoms with Crippen molar-refractivity contribution in [3.63, 3.8) is 0 Å². The van der Waals surface area contributed by atoms with Crippen molar-refractivity contribution in [1.82, 2.24) is 0 Å². The van der Waals surface area contributed by atoms with Gasteiger partial charge < -0.3 is 10.1 Å². The number of halogens is 1. The lowest BCUT2D eigenvalue weighted by molar-refractivity contribution is 0.0595. The molecule has 0 bridgehead atoms. The van der Waals surface area contributed by atoms with E-state index in [0.717, 1.165) is 5.69 Å². The van der Waals surface area contributed by atoms with Crippen molar-refractivity contribution in [3.8, 4) is 0 Å². The monoisotopic (exact) mass is 409 g/mol. The molecular formula is C26H32FNO2. The fourth-order valence-electron chi connectivity index (χ4n) is 5.13. The molecule has 2 aliphatic rings. The van der Waals surface area contributed by atoms with Crippen molar-refractivity contribution in [2.45, 2.75) is 76.0 Å². The van der Waals surface area contributed by atoms with Crippen molar-refractivity contribution in [3.05, 3.63) is 58.9 Å². The highest BCUT2D eigenvalue weighted by Crippen LogP contribution is 2.39. The second-order valence-corrected chi connectivity index (χ2v) is 8.87. The van der Waals surface area contributed by atoms with E-state index in [2.05, 4.69) is 28.3 Å². The number of benzene rings is 2. The predicted molar refractivity (Wildman–Crippen MR) is 119 cm³/mol. The molecule has 4 heteroatoms. The molecule has 0 spiro atoms. The third kappa shape index (κ3) is 4.85. The summed E-state index contributed by atoms with van der Waals surface area (Å²) in [4.78, 5) is 11.7. The SMILES string of the molecule is COC(=O)c1ccc(Nc2cc(C3CCCCC3)cc(C3CCCCC3)c2)cc1F. The van der Waals surface area contributed by atoms with Crippen LogP contribution in [-0.4, -0.2) is 13.1 Å². The molecule has 30 heavy (non-hydrogen) atoms. The summed E-state index contributed by atoms with van der Waals surface area (Å²) in [6.45, 7) is 0. The van der Waals surface area contributed by atoms with Gasteiger partial charge in [-0.2, -0.15) is 0 Å². The Labute approximate surface area is 179 Å². The third-order valence-electron chi connectivity index (χ3n) is 6.79. The number of anilines is 2. The molecule has 3 nitrogen and oxygen atoms in total. The van der Waals surface area contributed by atoms with Crippen LogP contribution in [0, 0.1) is 5.82 Å². The second kappa shape index (κ2) is 9.63. The van der Waals surface area contributed by atoms with E-state index in [1.54, 1.807) is 6.07 Å². The van der Waals surface area contributed by atoms with Crippen LogP contribution in [0.2, 0.25) is 0 Å². The van der Waals surface area contributed by atoms with Gasteiger partial charge in [0.2, 0.25) is 0 Å². The van der Waals surface area contributed by atoms with Gasteiger partial charge in [0.15, 0.2) is 0 Å². The maximum absolute atomic E-state index is 14.4. The Balaban J connectivity index is 1.62. The molecule has 0 aliphatic heterocycles. The van der Waals surface area contributed by atoms with Gasteiger partial charge in [-0.1, -0.05) is 44.6 Å². The molecule has 4 rings (SSSR count). The van der Waals surface area contributed by atoms with Crippen molar-refractivity contribution in [2.24, 2.45) is 0 Å². The molecule has 2 fully saturated rings. The molecule has 0 radical (unpaired) electrons. The van der Waals surface area contributed by atoms with Gasteiger partial charge in [-0.05, 0) is 79.0 Å². The number of rotatable bonds is 5. The van der Waals surface area contributed by atoms with E-state index in [1.807, 2.05) is 0 Å². The number of ether oxygens (including phenoxy) is 1. The van der Waals surface area contributed by atoms with Crippen molar-refractivity contribution in [1.29, 1.82) is 0 Å². The molecule has 1 N–H and O–H groups in total. The minimum atomic E-state index is -0.655. The molecule has 0 saturated heterocycles. The van der Waals surface area contributed by atoms with Crippen LogP contribution in [0.15, 0.2) is 36.4 Å². The molecule has 2 aromatic rings. The zero-order valence-electron chi connectivity index (χ0n) is 17.9. The first-order valence-electron chi connectivity index (χ1n) is 11.4. The topological polar surface area (TPSA) is 38.3 Å². The van der Waals surface area contributed by atoms with Gasteiger partial charge in [0, 0.05) is 11.4 Å². The van der Waals surface area contributed by atoms with E-state index in [-0.39, 0.29) is 5.56 Å². The van der Waals surface area contributed by atoms with E-state index >= 15 is 0 Å². The van der Waals surface area contributed by atoms with Crippen molar-refractivity contribution in [2.75, 3.05) is 12.4 Å². The smallest absolute Gasteiger partial charge is 0.340 e. The first-order valence-corrected chi connectivity index (χ1v) is 11.4. The number of esters is 1. The van der Waals surface area contributed by atoms with Gasteiger partial charge in [0.1, 0.15) is 5.82 Å². The molecule has 0 amide bonds. The summed E-state index contributed by atoms with van der Waals surface area (Å²) < 4.78 is 19.0. The van der Waals surface area contributed by atoms with Crippen LogP contribution < -0.4 is 5.32 Å². The number of hydrogen-bond acceptors (Lipinski definition) is 3. The maximum Gasteiger partial charge on any atom is 0.340 e. The van der Waals surface area contributed by atoms with Crippen LogP contribution >= 0.6 is 0 Å². The van der Waals surface area contributed by atoms with Crippen LogP contribution in [-0.2, 0) is 4.74 Å². The molecule has 2 saturated carbocycles. The van der Waals surface area contributed by atoms with Crippen LogP contribution in [0.4, 0.5) is 15.8 Å². The van der Waals surface area contributed by atoms with Crippen LogP contribution in [0.3, 0.4) is 0 Å². The van der Waals surface area contributed by atoms with E-state index in [4.69, 9.17) is 0 Å². The zero-order valence-corrected chi connectivity index (χ0v) is 17.9. The summed E-state index contributed by atoms with van der Waals surface area (Å²) in [5.41, 5.74) is 4.47. The van der Waals surface area contributed by atoms with E-state index in [9.17, 15) is 9.18 Å². The van der Waals surface area contributed by atoms with Gasteiger partial charge >= 0.3 is 5.97 Å². The Hall–Kier alpha value is -2.36. The van der Waals surface area contributed by atoms with Gasteiger partial charge in [0.05, 0.1) is 12.7 Å². The molecular weight excluding hydrogens is 377 g/mol. The Bertz CT molecular complexity index is 846. The minimum absolute atomic E-state index is 0.0399. The highest BCUT2D eigenvalue weighted by molar-refractivity contribution is 5.90. The van der Waals surface area contributed by atoms with Crippen LogP contribution in [0.1, 0.15) is 97.5 Å². The van der Waals surface area contributed by atoms with Crippen molar-refractivity contribution < 1.29 is 13.9 Å². The molecule has 160 valence electrons. The number of carbonyl (C=O) groups excluding carboxylic acids is 1. The van der Waals surface area contributed by atoms with Gasteiger partial charge in [-0.3, -0.25) is 0 Å². The van der Waals surface area contributed by atoms with Gasteiger partial charge in [-0.15, -0.1) is 0 Å². The third-order valence-corrected chi connectivity index (χ3v) is 6.79. The maximum atomic E-state index is 14.4. The Morgan fingerprint density at radius 3 is 1.90 bits per heavy atom. The van der Waals surface area contributed by atoms with Gasteiger partial charge in [-0.25, -0.2) is 9.18 Å². The lowest BCUT2D eigenvalue weighted by atomic mass is 9.79. The number of carbonyl (C=O) groups is 1. The Morgan fingerprint density at radius 1 is 0.833 bits per heavy atom. The summed E-state index contributed by atoms with van der Waals surface area (Å²) >= 11 is 0. The fraction of sp³-hybridized carbons (Fsp3) is 0.500. The first-order chi connectivity index (χ1) is 14.6. The summed E-state index contributed by atoms with van der Waals surface area (Å²) in [6.07, 6.45) is 13.0. The fourth-order valence-corrected chi connectivity index (χ4v) is 5.13. The predicted octanol–water partition coefficient (Wildman–Crippen LogP) is 7.45. The first kappa shape index (κ1) is 20.9. The zero-order chi connectivity index (χ0) is 20.9. The molecule has 2 aliphatic carbocycles. The lowest BCUT2D eigenvalue weighted by Gasteiger charge is -2.27. The van der Waals surface area contributed by atoms with E-state index < -0.39 is 11.8 Å². The Kier molecular flexibility index (Phi) is 6.71. The van der Waals surface area contributed by atoms with Crippen molar-refractivity contribution >= 4 is 17.3 Å². The molecule has 2 aromatic carbocycles. The summed E-state index contributed by atoms with van der Waals surface area (Å²) in [5.74, 6) is 0.0308. The highest BCUT2D eigenvalue weighted by atomic mass is 19.1. The molecule has 0 atom stereocenters. The molecule has 0 heterocycles. The van der Waals surface area contributed by atoms with Crippen LogP contribution in [0.5, 0.6) is 0 Å². The highest BCUT2D eigenvalue weighted by Gasteiger charge is 2.21. The summed E-state index contributed by atoms with van der Waals surface area (Å²) in [7, 11) is 1.26. The number of hydrogen-bond donors (Lipinski definition) is 1. The minimum Gasteiger partial charge on any atom is -0.465 e. The lowest BCUT2D eigenvalue weighted by Crippen LogP contribution is -2.09. The Morgan fingerprint density at radius 2 is 1.40 bits per heavy atom. The van der Waals surface area contributed by atoms with E-state index in [0.29, 0.717) is 17.5 Å². The molecule has 0 unspecified atom stereocenters. The largest absolute Gasteiger partial charge is 0.465 e. The number of methoxy groups -OCH3 is 1. The summed E-state index contributed by atoms with van der Waals surface area (Å²) in [5, 5.41) is 3.40. The standard InChI is InChI=1S/C26H32FNO2/c1-30-26(29)24-13-12-22(17-25(24)27)28-23-15-20(18-8-4-2-5-9-18)14-21(16-23)19-10-6-3-7-11-19/h12-19,28H,2-11H2,1H3. The summed E-state index contributed by atoms with van der Waals surface area (Å²) in [6, 6.07) is 11.5. The normalized spacial score (nSPS) is 18.2. The van der Waals surface area contributed by atoms with Gasteiger partial charge in [0.25, 0.3) is 0 Å². The second-order valence-electron chi connectivity index (χ2n) is 8.87.